The standard InChI is InChI=1S/C11H16IN3/c1-15-5-4-9(7-15)14-11-3-2-8(12)6-10(11)13/h2-3,6,9,14H,4-5,7,13H2,1H3. The number of likely N-dealkylation sites (N-methyl/N-ethyl adjacent to an activating group) is 1. The van der Waals surface area contributed by atoms with Crippen molar-refractivity contribution in [3.8, 4) is 0 Å². The van der Waals surface area contributed by atoms with Crippen molar-refractivity contribution < 1.29 is 0 Å². The van der Waals surface area contributed by atoms with Crippen LogP contribution in [0.15, 0.2) is 18.2 Å². The van der Waals surface area contributed by atoms with Crippen molar-refractivity contribution in [1.29, 1.82) is 0 Å². The molecular weight excluding hydrogens is 301 g/mol. The van der Waals surface area contributed by atoms with Gasteiger partial charge in [0.1, 0.15) is 0 Å². The van der Waals surface area contributed by atoms with Crippen molar-refractivity contribution in [3.63, 3.8) is 0 Å². The molecule has 4 heteroatoms. The average Bonchev–Trinajstić information content (AvgIpc) is 2.56. The number of benzene rings is 1. The van der Waals surface area contributed by atoms with Gasteiger partial charge < -0.3 is 16.0 Å². The Kier molecular flexibility index (Phi) is 3.35. The molecule has 0 aliphatic carbocycles. The first-order chi connectivity index (χ1) is 7.15. The second-order valence-corrected chi connectivity index (χ2v) is 5.37. The molecule has 1 saturated heterocycles. The van der Waals surface area contributed by atoms with Gasteiger partial charge in [-0.1, -0.05) is 0 Å². The average molecular weight is 317 g/mol. The molecule has 15 heavy (non-hydrogen) atoms. The van der Waals surface area contributed by atoms with E-state index in [1.54, 1.807) is 0 Å². The minimum absolute atomic E-state index is 0.539. The molecule has 82 valence electrons. The maximum absolute atomic E-state index is 5.95. The van der Waals surface area contributed by atoms with Crippen LogP contribution in [0.2, 0.25) is 0 Å². The van der Waals surface area contributed by atoms with Gasteiger partial charge in [-0.05, 0) is 60.8 Å². The highest BCUT2D eigenvalue weighted by molar-refractivity contribution is 14.1. The van der Waals surface area contributed by atoms with E-state index < -0.39 is 0 Å². The van der Waals surface area contributed by atoms with Crippen LogP contribution in [0.3, 0.4) is 0 Å². The maximum Gasteiger partial charge on any atom is 0.0577 e. The topological polar surface area (TPSA) is 41.3 Å². The zero-order valence-electron chi connectivity index (χ0n) is 8.83. The number of anilines is 2. The minimum Gasteiger partial charge on any atom is -0.397 e. The first kappa shape index (κ1) is 11.0. The van der Waals surface area contributed by atoms with Gasteiger partial charge in [-0.25, -0.2) is 0 Å². The summed E-state index contributed by atoms with van der Waals surface area (Å²) >= 11 is 2.27. The Morgan fingerprint density at radius 2 is 2.33 bits per heavy atom. The highest BCUT2D eigenvalue weighted by Gasteiger charge is 2.19. The number of halogens is 1. The van der Waals surface area contributed by atoms with E-state index in [0.29, 0.717) is 6.04 Å². The van der Waals surface area contributed by atoms with E-state index in [-0.39, 0.29) is 0 Å². The second-order valence-electron chi connectivity index (χ2n) is 4.12. The Morgan fingerprint density at radius 1 is 1.53 bits per heavy atom. The number of likely N-dealkylation sites (tertiary alicyclic amines) is 1. The molecule has 0 bridgehead atoms. The van der Waals surface area contributed by atoms with Crippen LogP contribution < -0.4 is 11.1 Å². The lowest BCUT2D eigenvalue weighted by Crippen LogP contribution is -2.23. The smallest absolute Gasteiger partial charge is 0.0577 e. The number of nitrogens with zero attached hydrogens (tertiary/aromatic N) is 1. The zero-order chi connectivity index (χ0) is 10.8. The molecule has 1 aliphatic heterocycles. The summed E-state index contributed by atoms with van der Waals surface area (Å²) in [6.45, 7) is 2.27. The summed E-state index contributed by atoms with van der Waals surface area (Å²) in [5, 5.41) is 3.50. The molecule has 1 aromatic rings. The van der Waals surface area contributed by atoms with E-state index in [9.17, 15) is 0 Å². The van der Waals surface area contributed by atoms with Gasteiger partial charge in [0.2, 0.25) is 0 Å². The Hall–Kier alpha value is -0.490. The van der Waals surface area contributed by atoms with Crippen LogP contribution in [-0.4, -0.2) is 31.1 Å². The first-order valence-electron chi connectivity index (χ1n) is 5.15. The summed E-state index contributed by atoms with van der Waals surface area (Å²) < 4.78 is 1.18. The molecule has 0 spiro atoms. The van der Waals surface area contributed by atoms with Gasteiger partial charge in [0.25, 0.3) is 0 Å². The van der Waals surface area contributed by atoms with Crippen molar-refractivity contribution in [3.05, 3.63) is 21.8 Å². The summed E-state index contributed by atoms with van der Waals surface area (Å²) in [6, 6.07) is 6.69. The largest absolute Gasteiger partial charge is 0.397 e. The van der Waals surface area contributed by atoms with Crippen molar-refractivity contribution in [2.24, 2.45) is 0 Å². The fourth-order valence-electron chi connectivity index (χ4n) is 1.94. The van der Waals surface area contributed by atoms with Crippen LogP contribution in [0, 0.1) is 3.57 Å². The molecule has 1 heterocycles. The molecular formula is C11H16IN3. The normalized spacial score (nSPS) is 21.9. The summed E-state index contributed by atoms with van der Waals surface area (Å²) in [5.41, 5.74) is 7.86. The maximum atomic E-state index is 5.95. The van der Waals surface area contributed by atoms with E-state index in [1.807, 2.05) is 6.07 Å². The van der Waals surface area contributed by atoms with Gasteiger partial charge in [0.15, 0.2) is 0 Å². The third kappa shape index (κ3) is 2.75. The highest BCUT2D eigenvalue weighted by atomic mass is 127. The Morgan fingerprint density at radius 3 is 2.93 bits per heavy atom. The van der Waals surface area contributed by atoms with E-state index in [4.69, 9.17) is 5.73 Å². The molecule has 1 unspecified atom stereocenters. The number of nitrogens with one attached hydrogen (secondary N) is 1. The first-order valence-corrected chi connectivity index (χ1v) is 6.23. The fourth-order valence-corrected chi connectivity index (χ4v) is 2.45. The van der Waals surface area contributed by atoms with Crippen molar-refractivity contribution >= 4 is 34.0 Å². The third-order valence-corrected chi connectivity index (χ3v) is 3.44. The molecule has 3 nitrogen and oxygen atoms in total. The van der Waals surface area contributed by atoms with Crippen LogP contribution in [0.5, 0.6) is 0 Å². The Balaban J connectivity index is 2.04. The quantitative estimate of drug-likeness (QED) is 0.647. The molecule has 0 aromatic heterocycles. The molecule has 0 amide bonds. The van der Waals surface area contributed by atoms with Gasteiger partial charge >= 0.3 is 0 Å². The van der Waals surface area contributed by atoms with Gasteiger partial charge in [0.05, 0.1) is 11.4 Å². The highest BCUT2D eigenvalue weighted by Crippen LogP contribution is 2.23. The van der Waals surface area contributed by atoms with E-state index in [2.05, 4.69) is 52.0 Å². The lowest BCUT2D eigenvalue weighted by Gasteiger charge is -2.16. The second kappa shape index (κ2) is 4.57. The van der Waals surface area contributed by atoms with Gasteiger partial charge in [-0.3, -0.25) is 0 Å². The molecule has 1 aliphatic rings. The van der Waals surface area contributed by atoms with Crippen LogP contribution in [0.4, 0.5) is 11.4 Å². The number of nitrogen functional groups attached to an aromatic ring is 1. The summed E-state index contributed by atoms with van der Waals surface area (Å²) in [5.74, 6) is 0. The van der Waals surface area contributed by atoms with Crippen LogP contribution in [0.1, 0.15) is 6.42 Å². The predicted molar refractivity (Wildman–Crippen MR) is 73.1 cm³/mol. The molecule has 1 aromatic carbocycles. The summed E-state index contributed by atoms with van der Waals surface area (Å²) in [6.07, 6.45) is 1.20. The van der Waals surface area contributed by atoms with Crippen molar-refractivity contribution in [2.75, 3.05) is 31.2 Å². The van der Waals surface area contributed by atoms with Crippen LogP contribution in [0.25, 0.3) is 0 Å². The van der Waals surface area contributed by atoms with Gasteiger partial charge in [-0.2, -0.15) is 0 Å². The van der Waals surface area contributed by atoms with Gasteiger partial charge in [0, 0.05) is 16.2 Å². The van der Waals surface area contributed by atoms with Crippen molar-refractivity contribution in [1.82, 2.24) is 4.90 Å². The SMILES string of the molecule is CN1CCC(Nc2ccc(I)cc2N)C1. The molecule has 1 fully saturated rings. The predicted octanol–water partition coefficient (Wildman–Crippen LogP) is 1.99. The zero-order valence-corrected chi connectivity index (χ0v) is 11.0. The summed E-state index contributed by atoms with van der Waals surface area (Å²) in [7, 11) is 2.15. The van der Waals surface area contributed by atoms with Crippen LogP contribution in [-0.2, 0) is 0 Å². The van der Waals surface area contributed by atoms with Gasteiger partial charge in [-0.15, -0.1) is 0 Å². The Bertz CT molecular complexity index is 354. The van der Waals surface area contributed by atoms with Crippen LogP contribution >= 0.6 is 22.6 Å². The molecule has 1 atom stereocenters. The Labute approximate surface area is 104 Å². The molecule has 0 radical (unpaired) electrons. The number of nitrogens with two attached hydrogens (primary N) is 1. The lowest BCUT2D eigenvalue weighted by molar-refractivity contribution is 0.414. The minimum atomic E-state index is 0.539. The van der Waals surface area contributed by atoms with Crippen molar-refractivity contribution in [2.45, 2.75) is 12.5 Å². The fraction of sp³-hybridized carbons (Fsp3) is 0.455. The van der Waals surface area contributed by atoms with E-state index in [0.717, 1.165) is 17.9 Å². The lowest BCUT2D eigenvalue weighted by atomic mass is 10.2. The molecule has 0 saturated carbocycles. The molecule has 2 rings (SSSR count). The van der Waals surface area contributed by atoms with E-state index >= 15 is 0 Å². The number of hydrogen-bond acceptors (Lipinski definition) is 3. The molecule has 3 N–H and O–H groups in total. The summed E-state index contributed by atoms with van der Waals surface area (Å²) in [4.78, 5) is 2.33. The monoisotopic (exact) mass is 317 g/mol. The third-order valence-electron chi connectivity index (χ3n) is 2.76. The number of rotatable bonds is 2. The van der Waals surface area contributed by atoms with E-state index in [1.165, 1.54) is 16.5 Å². The number of hydrogen-bond donors (Lipinski definition) is 2.